The largest absolute Gasteiger partial charge is 0.478 e. The lowest BCUT2D eigenvalue weighted by Gasteiger charge is -2.28. The van der Waals surface area contributed by atoms with Crippen molar-refractivity contribution in [3.05, 3.63) is 137 Å². The highest BCUT2D eigenvalue weighted by Crippen LogP contribution is 2.44. The number of nitrogens with zero attached hydrogens (tertiary/aromatic N) is 3. The van der Waals surface area contributed by atoms with Crippen LogP contribution in [-0.2, 0) is 0 Å². The van der Waals surface area contributed by atoms with Crippen molar-refractivity contribution in [2.24, 2.45) is 0 Å². The van der Waals surface area contributed by atoms with Crippen molar-refractivity contribution in [3.8, 4) is 17.2 Å². The smallest absolute Gasteiger partial charge is 0.335 e. The molecule has 2 N–H and O–H groups in total. The average Bonchev–Trinajstić information content (AvgIpc) is 3.49. The Kier molecular flexibility index (Phi) is 7.22. The minimum Gasteiger partial charge on any atom is -0.478 e. The zero-order valence-electron chi connectivity index (χ0n) is 23.5. The molecule has 7 nitrogen and oxygen atoms in total. The number of carboxylic acids is 1. The number of aromatic nitrogens is 2. The molecule has 1 aliphatic heterocycles. The van der Waals surface area contributed by atoms with Gasteiger partial charge in [0, 0.05) is 29.0 Å². The first kappa shape index (κ1) is 27.2. The molecule has 5 aromatic rings. The zero-order chi connectivity index (χ0) is 29.4. The molecule has 0 bridgehead atoms. The van der Waals surface area contributed by atoms with E-state index in [4.69, 9.17) is 17.0 Å². The molecule has 0 amide bonds. The molecule has 1 fully saturated rings. The third-order valence-corrected chi connectivity index (χ3v) is 7.99. The maximum atomic E-state index is 11.8. The Bertz CT molecular complexity index is 1770. The first-order valence-corrected chi connectivity index (χ1v) is 14.1. The number of rotatable bonds is 7. The number of benzene rings is 3. The molecule has 1 aliphatic rings. The normalized spacial score (nSPS) is 16.4. The van der Waals surface area contributed by atoms with Gasteiger partial charge in [0.2, 0.25) is 0 Å². The van der Waals surface area contributed by atoms with Crippen LogP contribution >= 0.6 is 12.2 Å². The molecule has 0 radical (unpaired) electrons. The van der Waals surface area contributed by atoms with E-state index in [0.29, 0.717) is 5.11 Å². The Labute approximate surface area is 250 Å². The van der Waals surface area contributed by atoms with Gasteiger partial charge in [0.1, 0.15) is 11.5 Å². The van der Waals surface area contributed by atoms with E-state index in [0.717, 1.165) is 51.1 Å². The fourth-order valence-electron chi connectivity index (χ4n) is 5.69. The Morgan fingerprint density at radius 1 is 0.905 bits per heavy atom. The summed E-state index contributed by atoms with van der Waals surface area (Å²) in [6.07, 6.45) is 1.79. The van der Waals surface area contributed by atoms with Gasteiger partial charge in [0.05, 0.1) is 23.3 Å². The maximum Gasteiger partial charge on any atom is 0.335 e. The Morgan fingerprint density at radius 3 is 2.31 bits per heavy atom. The van der Waals surface area contributed by atoms with Crippen molar-refractivity contribution in [3.63, 3.8) is 0 Å². The third-order valence-electron chi connectivity index (χ3n) is 7.68. The van der Waals surface area contributed by atoms with Crippen molar-refractivity contribution in [1.29, 1.82) is 0 Å². The summed E-state index contributed by atoms with van der Waals surface area (Å²) in [4.78, 5) is 18.6. The molecule has 2 aromatic heterocycles. The monoisotopic (exact) mass is 574 g/mol. The van der Waals surface area contributed by atoms with Gasteiger partial charge >= 0.3 is 5.97 Å². The van der Waals surface area contributed by atoms with Gasteiger partial charge in [-0.3, -0.25) is 4.98 Å². The van der Waals surface area contributed by atoms with Crippen LogP contribution in [0.4, 0.5) is 5.69 Å². The number of para-hydroxylation sites is 1. The van der Waals surface area contributed by atoms with Gasteiger partial charge in [-0.25, -0.2) is 4.79 Å². The van der Waals surface area contributed by atoms with Crippen molar-refractivity contribution >= 4 is 29.0 Å². The summed E-state index contributed by atoms with van der Waals surface area (Å²) in [6, 6.07) is 30.5. The minimum absolute atomic E-state index is 0.209. The second-order valence-corrected chi connectivity index (χ2v) is 10.8. The van der Waals surface area contributed by atoms with Crippen LogP contribution in [0, 0.1) is 20.8 Å². The summed E-state index contributed by atoms with van der Waals surface area (Å²) in [5.41, 5.74) is 6.95. The molecule has 42 heavy (non-hydrogen) atoms. The number of ether oxygens (including phenoxy) is 1. The van der Waals surface area contributed by atoms with E-state index in [-0.39, 0.29) is 17.6 Å². The van der Waals surface area contributed by atoms with E-state index < -0.39 is 5.97 Å². The highest BCUT2D eigenvalue weighted by atomic mass is 32.1. The number of carbonyl (C=O) groups is 1. The van der Waals surface area contributed by atoms with Crippen LogP contribution in [0.2, 0.25) is 0 Å². The number of carboxylic acid groups (broad SMARTS) is 1. The van der Waals surface area contributed by atoms with E-state index in [1.54, 1.807) is 18.3 Å². The average molecular weight is 575 g/mol. The maximum absolute atomic E-state index is 11.8. The number of thiocarbonyl (C=S) groups is 1. The molecule has 0 unspecified atom stereocenters. The number of pyridine rings is 1. The molecular weight excluding hydrogens is 544 g/mol. The van der Waals surface area contributed by atoms with Crippen molar-refractivity contribution in [1.82, 2.24) is 14.9 Å². The molecule has 0 saturated carbocycles. The first-order chi connectivity index (χ1) is 20.3. The molecule has 3 aromatic carbocycles. The molecule has 210 valence electrons. The summed E-state index contributed by atoms with van der Waals surface area (Å²) in [5, 5.41) is 13.8. The molecule has 8 heteroatoms. The van der Waals surface area contributed by atoms with Crippen LogP contribution in [0.15, 0.2) is 103 Å². The predicted molar refractivity (Wildman–Crippen MR) is 168 cm³/mol. The van der Waals surface area contributed by atoms with Crippen LogP contribution in [0.5, 0.6) is 11.5 Å². The van der Waals surface area contributed by atoms with Crippen LogP contribution in [0.25, 0.3) is 5.69 Å². The highest BCUT2D eigenvalue weighted by Gasteiger charge is 2.42. The molecule has 6 rings (SSSR count). The second-order valence-electron chi connectivity index (χ2n) is 10.4. The standard InChI is InChI=1S/C34H30N4O3S/c1-21-12-13-24(33(39)40)20-30(21)37-22(2)19-28(23(37)3)32-31(29-11-7-8-18-35-29)36-34(42)38(32)25-14-16-27(17-15-25)41-26-9-5-4-6-10-26/h4-20,31-32H,1-3H3,(H,36,42)(H,39,40)/t31-,32+/m0/s1. The van der Waals surface area contributed by atoms with E-state index >= 15 is 0 Å². The predicted octanol–water partition coefficient (Wildman–Crippen LogP) is 7.47. The molecule has 0 spiro atoms. The van der Waals surface area contributed by atoms with Gasteiger partial charge in [0.25, 0.3) is 0 Å². The topological polar surface area (TPSA) is 79.6 Å². The number of hydrogen-bond donors (Lipinski definition) is 2. The third kappa shape index (κ3) is 5.01. The number of aromatic carboxylic acids is 1. The minimum atomic E-state index is -0.953. The Morgan fingerprint density at radius 2 is 1.62 bits per heavy atom. The van der Waals surface area contributed by atoms with E-state index in [1.807, 2.05) is 92.7 Å². The van der Waals surface area contributed by atoms with Gasteiger partial charge in [-0.15, -0.1) is 0 Å². The Balaban J connectivity index is 1.44. The number of anilines is 1. The zero-order valence-corrected chi connectivity index (χ0v) is 24.3. The second kappa shape index (κ2) is 11.1. The van der Waals surface area contributed by atoms with Crippen LogP contribution in [0.3, 0.4) is 0 Å². The lowest BCUT2D eigenvalue weighted by molar-refractivity contribution is 0.0697. The summed E-state index contributed by atoms with van der Waals surface area (Å²) in [7, 11) is 0. The quantitative estimate of drug-likeness (QED) is 0.195. The molecule has 1 saturated heterocycles. The SMILES string of the molecule is Cc1ccc(C(=O)O)cc1-n1c(C)cc([C@@H]2[C@H](c3ccccn3)NC(=S)N2c2ccc(Oc3ccccc3)cc2)c1C. The number of hydrogen-bond acceptors (Lipinski definition) is 4. The van der Waals surface area contributed by atoms with E-state index in [2.05, 4.69) is 32.8 Å². The van der Waals surface area contributed by atoms with Crippen molar-refractivity contribution < 1.29 is 14.6 Å². The van der Waals surface area contributed by atoms with Gasteiger partial charge in [0.15, 0.2) is 5.11 Å². The molecule has 0 aliphatic carbocycles. The van der Waals surface area contributed by atoms with E-state index in [1.165, 1.54) is 0 Å². The van der Waals surface area contributed by atoms with Crippen LogP contribution in [-0.4, -0.2) is 25.7 Å². The lowest BCUT2D eigenvalue weighted by atomic mass is 9.96. The number of nitrogens with one attached hydrogen (secondary N) is 1. The molecular formula is C34H30N4O3S. The van der Waals surface area contributed by atoms with Crippen molar-refractivity contribution in [2.45, 2.75) is 32.9 Å². The lowest BCUT2D eigenvalue weighted by Crippen LogP contribution is -2.29. The van der Waals surface area contributed by atoms with Crippen LogP contribution in [0.1, 0.15) is 50.7 Å². The van der Waals surface area contributed by atoms with Gasteiger partial charge < -0.3 is 24.6 Å². The van der Waals surface area contributed by atoms with Gasteiger partial charge in [-0.05, 0) is 111 Å². The molecule has 2 atom stereocenters. The van der Waals surface area contributed by atoms with E-state index in [9.17, 15) is 9.90 Å². The summed E-state index contributed by atoms with van der Waals surface area (Å²) in [5.74, 6) is 0.546. The fraction of sp³-hybridized carbons (Fsp3) is 0.147. The summed E-state index contributed by atoms with van der Waals surface area (Å²) >= 11 is 5.94. The van der Waals surface area contributed by atoms with Gasteiger partial charge in [-0.1, -0.05) is 30.3 Å². The van der Waals surface area contributed by atoms with Crippen LogP contribution < -0.4 is 15.0 Å². The van der Waals surface area contributed by atoms with Gasteiger partial charge in [-0.2, -0.15) is 0 Å². The van der Waals surface area contributed by atoms with Crippen molar-refractivity contribution in [2.75, 3.05) is 4.90 Å². The fourth-order valence-corrected chi connectivity index (χ4v) is 6.04. The Hall–Kier alpha value is -4.95. The molecule has 3 heterocycles. The first-order valence-electron chi connectivity index (χ1n) is 13.7. The number of aryl methyl sites for hydroxylation is 2. The summed E-state index contributed by atoms with van der Waals surface area (Å²) in [6.45, 7) is 6.11. The summed E-state index contributed by atoms with van der Waals surface area (Å²) < 4.78 is 8.16. The highest BCUT2D eigenvalue weighted by molar-refractivity contribution is 7.80.